The van der Waals surface area contributed by atoms with E-state index in [0.29, 0.717) is 0 Å². The molecule has 0 fully saturated rings. The van der Waals surface area contributed by atoms with Crippen LogP contribution in [0.2, 0.25) is 0 Å². The van der Waals surface area contributed by atoms with Crippen LogP contribution < -0.4 is 14.7 Å². The number of rotatable bonds is 12. The molecule has 1 heterocycles. The summed E-state index contributed by atoms with van der Waals surface area (Å²) >= 11 is 0. The Balaban J connectivity index is 1.05. The average Bonchev–Trinajstić information content (AvgIpc) is 3.37. The molecule has 4 heteroatoms. The molecule has 9 aromatic carbocycles. The summed E-state index contributed by atoms with van der Waals surface area (Å²) < 4.78 is 0. The van der Waals surface area contributed by atoms with Crippen molar-refractivity contribution >= 4 is 51.2 Å². The van der Waals surface area contributed by atoms with Crippen LogP contribution in [0.1, 0.15) is 0 Å². The van der Waals surface area contributed by atoms with Gasteiger partial charge in [0.15, 0.2) is 0 Å². The lowest BCUT2D eigenvalue weighted by atomic mass is 9.99. The third kappa shape index (κ3) is 8.47. The molecule has 0 aliphatic rings. The minimum atomic E-state index is 0.901. The molecule has 0 atom stereocenters. The summed E-state index contributed by atoms with van der Waals surface area (Å²) in [7, 11) is 0. The summed E-state index contributed by atoms with van der Waals surface area (Å²) in [6, 6.07) is 93.9. The van der Waals surface area contributed by atoms with Crippen molar-refractivity contribution in [3.63, 3.8) is 0 Å². The van der Waals surface area contributed by atoms with Gasteiger partial charge < -0.3 is 14.7 Å². The Hall–Kier alpha value is -8.47. The molecule has 10 aromatic rings. The van der Waals surface area contributed by atoms with E-state index in [1.165, 1.54) is 0 Å². The third-order valence-corrected chi connectivity index (χ3v) is 11.2. The van der Waals surface area contributed by atoms with Crippen molar-refractivity contribution in [2.75, 3.05) is 14.7 Å². The van der Waals surface area contributed by atoms with E-state index in [4.69, 9.17) is 4.98 Å². The molecule has 0 amide bonds. The molecular weight excluding hydrogens is 765 g/mol. The second-order valence-corrected chi connectivity index (χ2v) is 15.3. The van der Waals surface area contributed by atoms with Crippen molar-refractivity contribution in [2.45, 2.75) is 0 Å². The van der Waals surface area contributed by atoms with E-state index in [9.17, 15) is 0 Å². The number of hydrogen-bond donors (Lipinski definition) is 0. The summed E-state index contributed by atoms with van der Waals surface area (Å²) in [5.74, 6) is 0. The maximum Gasteiger partial charge on any atom is 0.0715 e. The summed E-state index contributed by atoms with van der Waals surface area (Å²) in [6.45, 7) is 0. The Morgan fingerprint density at radius 1 is 0.190 bits per heavy atom. The van der Waals surface area contributed by atoms with E-state index in [1.807, 2.05) is 0 Å². The topological polar surface area (TPSA) is 22.6 Å². The first kappa shape index (κ1) is 38.7. The largest absolute Gasteiger partial charge is 0.311 e. The first-order chi connectivity index (χ1) is 31.2. The van der Waals surface area contributed by atoms with Crippen molar-refractivity contribution < 1.29 is 0 Å². The van der Waals surface area contributed by atoms with E-state index in [2.05, 4.69) is 282 Å². The molecule has 0 saturated carbocycles. The lowest BCUT2D eigenvalue weighted by Crippen LogP contribution is -2.09. The average molecular weight is 809 g/mol. The van der Waals surface area contributed by atoms with Crippen LogP contribution in [0.4, 0.5) is 51.2 Å². The highest BCUT2D eigenvalue weighted by atomic mass is 15.2. The fourth-order valence-electron chi connectivity index (χ4n) is 8.16. The SMILES string of the molecule is c1ccc(N(c2ccccc2)c2ccc(-c3cc(-c4ccc(N(c5ccccc5)c5ccccc5)cc4)nc(-c4ccc(N(c5ccccc5)c5ccccc5)cc4)c3)cc2)cc1. The van der Waals surface area contributed by atoms with Gasteiger partial charge in [0, 0.05) is 62.3 Å². The first-order valence-corrected chi connectivity index (χ1v) is 21.3. The number of para-hydroxylation sites is 6. The van der Waals surface area contributed by atoms with Gasteiger partial charge in [-0.15, -0.1) is 0 Å². The lowest BCUT2D eigenvalue weighted by Gasteiger charge is -2.26. The Morgan fingerprint density at radius 2 is 0.397 bits per heavy atom. The summed E-state index contributed by atoms with van der Waals surface area (Å²) in [5, 5.41) is 0. The van der Waals surface area contributed by atoms with Crippen LogP contribution >= 0.6 is 0 Å². The van der Waals surface area contributed by atoms with Crippen molar-refractivity contribution in [2.24, 2.45) is 0 Å². The maximum atomic E-state index is 5.37. The van der Waals surface area contributed by atoms with Crippen LogP contribution in [0, 0.1) is 0 Å². The van der Waals surface area contributed by atoms with Gasteiger partial charge >= 0.3 is 0 Å². The van der Waals surface area contributed by atoms with E-state index in [1.54, 1.807) is 0 Å². The highest BCUT2D eigenvalue weighted by Crippen LogP contribution is 2.40. The summed E-state index contributed by atoms with van der Waals surface area (Å²) in [6.07, 6.45) is 0. The molecule has 300 valence electrons. The molecule has 0 N–H and O–H groups in total. The van der Waals surface area contributed by atoms with E-state index in [-0.39, 0.29) is 0 Å². The predicted molar refractivity (Wildman–Crippen MR) is 265 cm³/mol. The zero-order valence-electron chi connectivity index (χ0n) is 34.7. The van der Waals surface area contributed by atoms with Crippen LogP contribution in [0.5, 0.6) is 0 Å². The zero-order valence-corrected chi connectivity index (χ0v) is 34.7. The molecule has 4 nitrogen and oxygen atoms in total. The normalized spacial score (nSPS) is 10.9. The third-order valence-electron chi connectivity index (χ3n) is 11.2. The number of nitrogens with zero attached hydrogens (tertiary/aromatic N) is 4. The molecule has 0 bridgehead atoms. The van der Waals surface area contributed by atoms with E-state index in [0.717, 1.165) is 84.8 Å². The zero-order chi connectivity index (χ0) is 42.2. The standard InChI is InChI=1S/C59H44N4/c1-7-19-49(20-8-1)61(50-21-9-2-10-22-50)55-37-31-45(32-38-55)48-43-58(46-33-39-56(40-34-46)62(51-23-11-3-12-24-51)52-25-13-4-14-26-52)60-59(44-48)47-35-41-57(42-36-47)63(53-27-15-5-16-28-53)54-29-17-6-18-30-54/h1-44H. The Bertz CT molecular complexity index is 2530. The molecule has 0 aliphatic carbocycles. The Kier molecular flexibility index (Phi) is 11.1. The second kappa shape index (κ2) is 18.0. The molecule has 0 radical (unpaired) electrons. The van der Waals surface area contributed by atoms with Gasteiger partial charge in [-0.3, -0.25) is 0 Å². The Labute approximate surface area is 369 Å². The molecule has 10 rings (SSSR count). The van der Waals surface area contributed by atoms with Crippen LogP contribution in [-0.4, -0.2) is 4.98 Å². The van der Waals surface area contributed by atoms with Gasteiger partial charge in [-0.05, 0) is 132 Å². The van der Waals surface area contributed by atoms with Crippen molar-refractivity contribution in [1.82, 2.24) is 4.98 Å². The fourth-order valence-corrected chi connectivity index (χ4v) is 8.16. The fraction of sp³-hybridized carbons (Fsp3) is 0. The number of pyridine rings is 1. The van der Waals surface area contributed by atoms with Crippen molar-refractivity contribution in [3.8, 4) is 33.6 Å². The highest BCUT2D eigenvalue weighted by Gasteiger charge is 2.17. The molecular formula is C59H44N4. The van der Waals surface area contributed by atoms with Gasteiger partial charge in [0.1, 0.15) is 0 Å². The van der Waals surface area contributed by atoms with E-state index < -0.39 is 0 Å². The predicted octanol–water partition coefficient (Wildman–Crippen LogP) is 16.5. The van der Waals surface area contributed by atoms with E-state index >= 15 is 0 Å². The van der Waals surface area contributed by atoms with Gasteiger partial charge in [-0.25, -0.2) is 4.98 Å². The number of aromatic nitrogens is 1. The maximum absolute atomic E-state index is 5.37. The molecule has 0 aliphatic heterocycles. The van der Waals surface area contributed by atoms with Gasteiger partial charge in [-0.1, -0.05) is 146 Å². The lowest BCUT2D eigenvalue weighted by molar-refractivity contribution is 1.27. The van der Waals surface area contributed by atoms with Crippen LogP contribution in [0.3, 0.4) is 0 Å². The van der Waals surface area contributed by atoms with Crippen molar-refractivity contribution in [3.05, 3.63) is 267 Å². The van der Waals surface area contributed by atoms with Crippen molar-refractivity contribution in [1.29, 1.82) is 0 Å². The minimum absolute atomic E-state index is 0.901. The monoisotopic (exact) mass is 808 g/mol. The molecule has 63 heavy (non-hydrogen) atoms. The van der Waals surface area contributed by atoms with Crippen LogP contribution in [0.15, 0.2) is 267 Å². The summed E-state index contributed by atoms with van der Waals surface area (Å²) in [4.78, 5) is 12.2. The number of benzene rings is 9. The highest BCUT2D eigenvalue weighted by molar-refractivity contribution is 5.84. The van der Waals surface area contributed by atoms with Gasteiger partial charge in [0.05, 0.1) is 11.4 Å². The number of hydrogen-bond acceptors (Lipinski definition) is 4. The molecule has 0 saturated heterocycles. The van der Waals surface area contributed by atoms with Gasteiger partial charge in [0.2, 0.25) is 0 Å². The minimum Gasteiger partial charge on any atom is -0.311 e. The second-order valence-electron chi connectivity index (χ2n) is 15.3. The quantitative estimate of drug-likeness (QED) is 0.123. The smallest absolute Gasteiger partial charge is 0.0715 e. The van der Waals surface area contributed by atoms with Crippen LogP contribution in [0.25, 0.3) is 33.6 Å². The molecule has 0 unspecified atom stereocenters. The van der Waals surface area contributed by atoms with Crippen LogP contribution in [-0.2, 0) is 0 Å². The molecule has 0 spiro atoms. The molecule has 1 aromatic heterocycles. The number of anilines is 9. The van der Waals surface area contributed by atoms with Gasteiger partial charge in [0.25, 0.3) is 0 Å². The van der Waals surface area contributed by atoms with Gasteiger partial charge in [-0.2, -0.15) is 0 Å². The Morgan fingerprint density at radius 3 is 0.635 bits per heavy atom. The summed E-state index contributed by atoms with van der Waals surface area (Å²) in [5.41, 5.74) is 15.9. The first-order valence-electron chi connectivity index (χ1n) is 21.3.